The molecule has 152 valence electrons. The smallest absolute Gasteiger partial charge is 0.109 e. The Morgan fingerprint density at radius 1 is 0.839 bits per heavy atom. The third kappa shape index (κ3) is 2.88. The summed E-state index contributed by atoms with van der Waals surface area (Å²) in [5, 5.41) is 5.92. The van der Waals surface area contributed by atoms with Crippen molar-refractivity contribution in [2.75, 3.05) is 0 Å². The van der Waals surface area contributed by atoms with Crippen molar-refractivity contribution in [3.63, 3.8) is 0 Å². The predicted octanol–water partition coefficient (Wildman–Crippen LogP) is 7.42. The van der Waals surface area contributed by atoms with Crippen molar-refractivity contribution in [1.82, 2.24) is 19.9 Å². The topological polar surface area (TPSA) is 57.4 Å². The molecule has 5 heteroatoms. The van der Waals surface area contributed by atoms with Gasteiger partial charge in [-0.3, -0.25) is 0 Å². The summed E-state index contributed by atoms with van der Waals surface area (Å²) in [5.74, 6) is 2.34. The van der Waals surface area contributed by atoms with E-state index in [4.69, 9.17) is 4.98 Å². The quantitative estimate of drug-likeness (QED) is 0.312. The Bertz CT molecular complexity index is 1560. The fraction of sp³-hybridized carbons (Fsp3) is 0.154. The summed E-state index contributed by atoms with van der Waals surface area (Å²) in [6.45, 7) is 6.33. The molecule has 0 aliphatic carbocycles. The maximum atomic E-state index is 4.93. The Balaban J connectivity index is 1.52. The Morgan fingerprint density at radius 2 is 1.61 bits per heavy atom. The highest BCUT2D eigenvalue weighted by Gasteiger charge is 2.16. The number of nitrogens with zero attached hydrogens (tertiary/aromatic N) is 2. The first-order valence-electron chi connectivity index (χ1n) is 10.5. The molecule has 0 atom stereocenters. The Labute approximate surface area is 184 Å². The molecule has 0 amide bonds. The lowest BCUT2D eigenvalue weighted by Crippen LogP contribution is -1.88. The summed E-state index contributed by atoms with van der Waals surface area (Å²) in [4.78, 5) is 16.1. The molecule has 4 nitrogen and oxygen atoms in total. The number of aryl methyl sites for hydroxylation is 1. The number of fused-ring (bicyclic) bond motifs is 6. The van der Waals surface area contributed by atoms with Crippen LogP contribution in [0.25, 0.3) is 54.3 Å². The Morgan fingerprint density at radius 3 is 2.35 bits per heavy atom. The lowest BCUT2D eigenvalue weighted by atomic mass is 9.98. The van der Waals surface area contributed by atoms with Crippen LogP contribution in [0.4, 0.5) is 0 Å². The highest BCUT2D eigenvalue weighted by molar-refractivity contribution is 7.18. The molecule has 2 N–H and O–H groups in total. The molecule has 0 unspecified atom stereocenters. The number of imidazole rings is 2. The van der Waals surface area contributed by atoms with Crippen molar-refractivity contribution in [3.8, 4) is 22.4 Å². The number of nitrogens with one attached hydrogen (secondary N) is 2. The summed E-state index contributed by atoms with van der Waals surface area (Å²) in [5.41, 5.74) is 6.84. The van der Waals surface area contributed by atoms with Crippen LogP contribution in [-0.2, 0) is 0 Å². The lowest BCUT2D eigenvalue weighted by molar-refractivity contribution is 0.799. The van der Waals surface area contributed by atoms with Gasteiger partial charge < -0.3 is 9.97 Å². The molecule has 3 aromatic heterocycles. The van der Waals surface area contributed by atoms with Crippen LogP contribution < -0.4 is 0 Å². The minimum atomic E-state index is 0.368. The molecule has 3 aromatic carbocycles. The first kappa shape index (κ1) is 18.3. The van der Waals surface area contributed by atoms with Crippen LogP contribution in [0.2, 0.25) is 0 Å². The zero-order valence-electron chi connectivity index (χ0n) is 17.7. The van der Waals surface area contributed by atoms with Crippen LogP contribution >= 0.6 is 11.3 Å². The van der Waals surface area contributed by atoms with E-state index in [2.05, 4.69) is 82.7 Å². The van der Waals surface area contributed by atoms with Crippen molar-refractivity contribution in [2.24, 2.45) is 0 Å². The maximum absolute atomic E-state index is 4.93. The average Bonchev–Trinajstić information content (AvgIpc) is 3.52. The van der Waals surface area contributed by atoms with Gasteiger partial charge in [0.25, 0.3) is 0 Å². The van der Waals surface area contributed by atoms with Crippen molar-refractivity contribution < 1.29 is 0 Å². The Hall–Kier alpha value is -3.44. The van der Waals surface area contributed by atoms with E-state index >= 15 is 0 Å². The third-order valence-corrected chi connectivity index (χ3v) is 6.90. The minimum Gasteiger partial charge on any atom is -0.342 e. The number of benzene rings is 3. The molecular weight excluding hydrogens is 400 g/mol. The monoisotopic (exact) mass is 422 g/mol. The maximum Gasteiger partial charge on any atom is 0.109 e. The first-order chi connectivity index (χ1) is 15.1. The minimum absolute atomic E-state index is 0.368. The van der Waals surface area contributed by atoms with Gasteiger partial charge in [0.15, 0.2) is 0 Å². The van der Waals surface area contributed by atoms with Gasteiger partial charge in [-0.05, 0) is 41.1 Å². The van der Waals surface area contributed by atoms with E-state index in [1.54, 1.807) is 11.3 Å². The van der Waals surface area contributed by atoms with Crippen molar-refractivity contribution >= 4 is 43.2 Å². The van der Waals surface area contributed by atoms with Crippen LogP contribution in [0.1, 0.15) is 31.4 Å². The first-order valence-corrected chi connectivity index (χ1v) is 11.4. The van der Waals surface area contributed by atoms with E-state index in [-0.39, 0.29) is 0 Å². The molecule has 0 saturated carbocycles. The number of aromatic amines is 2. The summed E-state index contributed by atoms with van der Waals surface area (Å²) in [6.07, 6.45) is 1.88. The van der Waals surface area contributed by atoms with Gasteiger partial charge in [0.1, 0.15) is 11.6 Å². The van der Waals surface area contributed by atoms with E-state index < -0.39 is 0 Å². The fourth-order valence-electron chi connectivity index (χ4n) is 4.30. The van der Waals surface area contributed by atoms with Gasteiger partial charge in [-0.15, -0.1) is 11.3 Å². The van der Waals surface area contributed by atoms with Crippen LogP contribution in [-0.4, -0.2) is 19.9 Å². The van der Waals surface area contributed by atoms with E-state index in [9.17, 15) is 0 Å². The summed E-state index contributed by atoms with van der Waals surface area (Å²) in [6, 6.07) is 17.6. The second kappa shape index (κ2) is 6.79. The summed E-state index contributed by atoms with van der Waals surface area (Å²) in [7, 11) is 0. The van der Waals surface area contributed by atoms with Crippen LogP contribution in [0, 0.1) is 6.92 Å². The molecule has 0 aliphatic rings. The molecule has 0 radical (unpaired) electrons. The molecule has 6 aromatic rings. The number of hydrogen-bond donors (Lipinski definition) is 2. The normalized spacial score (nSPS) is 12.0. The van der Waals surface area contributed by atoms with E-state index in [0.29, 0.717) is 5.92 Å². The number of H-pyrrole nitrogens is 2. The molecule has 0 bridgehead atoms. The number of rotatable bonds is 3. The fourth-order valence-corrected chi connectivity index (χ4v) is 5.23. The van der Waals surface area contributed by atoms with E-state index in [0.717, 1.165) is 33.9 Å². The van der Waals surface area contributed by atoms with Gasteiger partial charge in [0, 0.05) is 26.8 Å². The molecule has 0 spiro atoms. The molecule has 0 aliphatic heterocycles. The van der Waals surface area contributed by atoms with E-state index in [1.165, 1.54) is 32.0 Å². The predicted molar refractivity (Wildman–Crippen MR) is 131 cm³/mol. The van der Waals surface area contributed by atoms with Crippen molar-refractivity contribution in [2.45, 2.75) is 26.7 Å². The largest absolute Gasteiger partial charge is 0.342 e. The van der Waals surface area contributed by atoms with Gasteiger partial charge in [-0.2, -0.15) is 0 Å². The van der Waals surface area contributed by atoms with Crippen LogP contribution in [0.15, 0.2) is 60.1 Å². The molecule has 3 heterocycles. The van der Waals surface area contributed by atoms with Gasteiger partial charge in [0.05, 0.1) is 22.9 Å². The molecule has 0 fully saturated rings. The molecule has 6 rings (SSSR count). The highest BCUT2D eigenvalue weighted by Crippen LogP contribution is 2.39. The van der Waals surface area contributed by atoms with Gasteiger partial charge in [0.2, 0.25) is 0 Å². The third-order valence-electron chi connectivity index (χ3n) is 5.95. The molecule has 0 saturated heterocycles. The summed E-state index contributed by atoms with van der Waals surface area (Å²) >= 11 is 1.79. The second-order valence-electron chi connectivity index (χ2n) is 8.38. The molecule has 31 heavy (non-hydrogen) atoms. The highest BCUT2D eigenvalue weighted by atomic mass is 32.1. The van der Waals surface area contributed by atoms with Crippen molar-refractivity contribution in [1.29, 1.82) is 0 Å². The van der Waals surface area contributed by atoms with E-state index in [1.807, 2.05) is 13.1 Å². The summed E-state index contributed by atoms with van der Waals surface area (Å²) < 4.78 is 1.30. The van der Waals surface area contributed by atoms with Gasteiger partial charge in [-0.1, -0.05) is 50.2 Å². The van der Waals surface area contributed by atoms with Crippen LogP contribution in [0.5, 0.6) is 0 Å². The SMILES string of the molecule is Cc1ncc(-c2ccc(-c3ccc4c(c3)c3sccc3c3nc(C(C)C)[nH]c43)cc2)[nH]1. The standard InChI is InChI=1S/C26H22N4S/c1-14(2)26-29-23-19-9-8-18(12-21(19)25-20(10-11-31-25)24(23)30-26)16-4-6-17(7-5-16)22-13-27-15(3)28-22/h4-14H,1-3H3,(H,27,28)(H,29,30). The number of hydrogen-bond acceptors (Lipinski definition) is 3. The van der Waals surface area contributed by atoms with Crippen LogP contribution in [0.3, 0.4) is 0 Å². The Kier molecular flexibility index (Phi) is 4.02. The number of aromatic nitrogens is 4. The lowest BCUT2D eigenvalue weighted by Gasteiger charge is -2.08. The number of thiophene rings is 1. The zero-order chi connectivity index (χ0) is 21.1. The zero-order valence-corrected chi connectivity index (χ0v) is 18.5. The van der Waals surface area contributed by atoms with Crippen molar-refractivity contribution in [3.05, 3.63) is 71.8 Å². The van der Waals surface area contributed by atoms with Gasteiger partial charge in [-0.25, -0.2) is 9.97 Å². The molecular formula is C26H22N4S. The second-order valence-corrected chi connectivity index (χ2v) is 9.30. The van der Waals surface area contributed by atoms with Gasteiger partial charge >= 0.3 is 0 Å². The average molecular weight is 423 g/mol.